The number of amides is 1. The van der Waals surface area contributed by atoms with E-state index in [0.717, 1.165) is 11.3 Å². The van der Waals surface area contributed by atoms with Crippen molar-refractivity contribution in [2.75, 3.05) is 0 Å². The zero-order valence-corrected chi connectivity index (χ0v) is 12.0. The van der Waals surface area contributed by atoms with Crippen molar-refractivity contribution in [2.24, 2.45) is 7.05 Å². The van der Waals surface area contributed by atoms with E-state index in [1.54, 1.807) is 17.9 Å². The van der Waals surface area contributed by atoms with Crippen molar-refractivity contribution in [1.29, 1.82) is 0 Å². The number of hydrogen-bond acceptors (Lipinski definition) is 3. The predicted molar refractivity (Wildman–Crippen MR) is 70.9 cm³/mol. The van der Waals surface area contributed by atoms with Crippen LogP contribution in [0, 0.1) is 0 Å². The number of aryl methyl sites for hydroxylation is 1. The summed E-state index contributed by atoms with van der Waals surface area (Å²) >= 11 is 0. The standard InChI is InChI=1S/C13H21N3O3/c1-8(17)14-10(12(18)19)6-9-7-16(5)15-11(9)13(2,3)4/h7,10H,6H2,1-5H3,(H,14,17)(H,18,19). The normalized spacial score (nSPS) is 13.1. The highest BCUT2D eigenvalue weighted by molar-refractivity contribution is 5.82. The molecule has 6 nitrogen and oxygen atoms in total. The molecule has 0 aliphatic rings. The fraction of sp³-hybridized carbons (Fsp3) is 0.615. The molecule has 0 spiro atoms. The molecule has 0 radical (unpaired) electrons. The van der Waals surface area contributed by atoms with Gasteiger partial charge in [-0.1, -0.05) is 20.8 Å². The van der Waals surface area contributed by atoms with Crippen LogP contribution in [0.2, 0.25) is 0 Å². The third kappa shape index (κ3) is 4.08. The first-order chi connectivity index (χ1) is 8.61. The molecule has 1 heterocycles. The number of rotatable bonds is 4. The molecule has 0 aliphatic heterocycles. The Morgan fingerprint density at radius 2 is 2.05 bits per heavy atom. The van der Waals surface area contributed by atoms with E-state index in [1.807, 2.05) is 20.8 Å². The lowest BCUT2D eigenvalue weighted by atomic mass is 9.88. The number of nitrogens with one attached hydrogen (secondary N) is 1. The van der Waals surface area contributed by atoms with Gasteiger partial charge in [0.25, 0.3) is 0 Å². The summed E-state index contributed by atoms with van der Waals surface area (Å²) in [5.41, 5.74) is 1.53. The molecule has 0 saturated heterocycles. The minimum absolute atomic E-state index is 0.171. The van der Waals surface area contributed by atoms with Gasteiger partial charge in [0.2, 0.25) is 5.91 Å². The first-order valence-electron chi connectivity index (χ1n) is 6.14. The maximum Gasteiger partial charge on any atom is 0.326 e. The van der Waals surface area contributed by atoms with Gasteiger partial charge in [-0.05, 0) is 5.56 Å². The molecule has 1 aromatic heterocycles. The van der Waals surface area contributed by atoms with E-state index in [-0.39, 0.29) is 17.7 Å². The monoisotopic (exact) mass is 267 g/mol. The number of carbonyl (C=O) groups is 2. The predicted octanol–water partition coefficient (Wildman–Crippen LogP) is 0.849. The first-order valence-corrected chi connectivity index (χ1v) is 6.14. The highest BCUT2D eigenvalue weighted by atomic mass is 16.4. The zero-order chi connectivity index (χ0) is 14.8. The second-order valence-electron chi connectivity index (χ2n) is 5.72. The topological polar surface area (TPSA) is 84.2 Å². The van der Waals surface area contributed by atoms with Crippen LogP contribution in [0.5, 0.6) is 0 Å². The highest BCUT2D eigenvalue weighted by Gasteiger charge is 2.26. The molecule has 1 aromatic rings. The van der Waals surface area contributed by atoms with E-state index < -0.39 is 12.0 Å². The largest absolute Gasteiger partial charge is 0.480 e. The van der Waals surface area contributed by atoms with Gasteiger partial charge >= 0.3 is 5.97 Å². The van der Waals surface area contributed by atoms with E-state index in [2.05, 4.69) is 10.4 Å². The van der Waals surface area contributed by atoms with Crippen LogP contribution in [0.25, 0.3) is 0 Å². The molecular formula is C13H21N3O3. The quantitative estimate of drug-likeness (QED) is 0.847. The van der Waals surface area contributed by atoms with Crippen molar-refractivity contribution < 1.29 is 14.7 Å². The molecule has 1 atom stereocenters. The molecule has 0 aromatic carbocycles. The van der Waals surface area contributed by atoms with Gasteiger partial charge in [-0.25, -0.2) is 4.79 Å². The van der Waals surface area contributed by atoms with Crippen LogP contribution in [0.1, 0.15) is 39.0 Å². The number of aromatic nitrogens is 2. The summed E-state index contributed by atoms with van der Waals surface area (Å²) in [4.78, 5) is 22.2. The summed E-state index contributed by atoms with van der Waals surface area (Å²) < 4.78 is 1.67. The molecule has 1 rings (SSSR count). The van der Waals surface area contributed by atoms with Gasteiger partial charge < -0.3 is 10.4 Å². The van der Waals surface area contributed by atoms with Crippen LogP contribution < -0.4 is 5.32 Å². The van der Waals surface area contributed by atoms with Gasteiger partial charge in [0.15, 0.2) is 0 Å². The van der Waals surface area contributed by atoms with Gasteiger partial charge in [-0.3, -0.25) is 9.48 Å². The Balaban J connectivity index is 3.03. The Bertz CT molecular complexity index is 486. The van der Waals surface area contributed by atoms with Gasteiger partial charge in [-0.2, -0.15) is 5.10 Å². The summed E-state index contributed by atoms with van der Waals surface area (Å²) in [6.45, 7) is 7.37. The van der Waals surface area contributed by atoms with Crippen molar-refractivity contribution in [3.8, 4) is 0 Å². The summed E-state index contributed by atoms with van der Waals surface area (Å²) in [6.07, 6.45) is 2.04. The summed E-state index contributed by atoms with van der Waals surface area (Å²) in [5.74, 6) is -1.40. The maximum atomic E-state index is 11.2. The molecule has 0 bridgehead atoms. The minimum Gasteiger partial charge on any atom is -0.480 e. The van der Waals surface area contributed by atoms with E-state index >= 15 is 0 Å². The summed E-state index contributed by atoms with van der Waals surface area (Å²) in [6, 6.07) is -0.928. The van der Waals surface area contributed by atoms with E-state index in [0.29, 0.717) is 0 Å². The van der Waals surface area contributed by atoms with Gasteiger partial charge in [0.1, 0.15) is 6.04 Å². The number of hydrogen-bond donors (Lipinski definition) is 2. The number of carboxylic acids is 1. The van der Waals surface area contributed by atoms with Crippen molar-refractivity contribution >= 4 is 11.9 Å². The average Bonchev–Trinajstić information content (AvgIpc) is 2.57. The van der Waals surface area contributed by atoms with Crippen molar-refractivity contribution in [1.82, 2.24) is 15.1 Å². The molecule has 2 N–H and O–H groups in total. The smallest absolute Gasteiger partial charge is 0.326 e. The average molecular weight is 267 g/mol. The number of carboxylic acid groups (broad SMARTS) is 1. The molecule has 1 amide bonds. The lowest BCUT2D eigenvalue weighted by Gasteiger charge is -2.19. The third-order valence-electron chi connectivity index (χ3n) is 2.71. The molecule has 0 fully saturated rings. The van der Waals surface area contributed by atoms with Gasteiger partial charge in [-0.15, -0.1) is 0 Å². The number of nitrogens with zero attached hydrogens (tertiary/aromatic N) is 2. The molecular weight excluding hydrogens is 246 g/mol. The van der Waals surface area contributed by atoms with E-state index in [1.165, 1.54) is 6.92 Å². The third-order valence-corrected chi connectivity index (χ3v) is 2.71. The molecule has 106 valence electrons. The lowest BCUT2D eigenvalue weighted by Crippen LogP contribution is -2.41. The first kappa shape index (κ1) is 15.2. The zero-order valence-electron chi connectivity index (χ0n) is 12.0. The second-order valence-corrected chi connectivity index (χ2v) is 5.72. The maximum absolute atomic E-state index is 11.2. The van der Waals surface area contributed by atoms with Crippen molar-refractivity contribution in [3.05, 3.63) is 17.5 Å². The Morgan fingerprint density at radius 3 is 2.47 bits per heavy atom. The van der Waals surface area contributed by atoms with Crippen LogP contribution in [0.3, 0.4) is 0 Å². The Labute approximate surface area is 112 Å². The summed E-state index contributed by atoms with van der Waals surface area (Å²) in [5, 5.41) is 16.0. The van der Waals surface area contributed by atoms with Gasteiger partial charge in [0.05, 0.1) is 5.69 Å². The van der Waals surface area contributed by atoms with Crippen molar-refractivity contribution in [3.63, 3.8) is 0 Å². The van der Waals surface area contributed by atoms with Crippen molar-refractivity contribution in [2.45, 2.75) is 45.6 Å². The number of aliphatic carboxylic acids is 1. The Morgan fingerprint density at radius 1 is 1.47 bits per heavy atom. The summed E-state index contributed by atoms with van der Waals surface area (Å²) in [7, 11) is 1.80. The van der Waals surface area contributed by atoms with Crippen LogP contribution in [0.15, 0.2) is 6.20 Å². The fourth-order valence-corrected chi connectivity index (χ4v) is 1.98. The molecule has 0 saturated carbocycles. The van der Waals surface area contributed by atoms with Gasteiger partial charge in [0, 0.05) is 32.0 Å². The fourth-order valence-electron chi connectivity index (χ4n) is 1.98. The molecule has 1 unspecified atom stereocenters. The van der Waals surface area contributed by atoms with Crippen LogP contribution in [0.4, 0.5) is 0 Å². The van der Waals surface area contributed by atoms with Crippen LogP contribution >= 0.6 is 0 Å². The molecule has 0 aliphatic carbocycles. The Hall–Kier alpha value is -1.85. The lowest BCUT2D eigenvalue weighted by molar-refractivity contribution is -0.141. The van der Waals surface area contributed by atoms with Crippen LogP contribution in [-0.4, -0.2) is 32.8 Å². The molecule has 6 heteroatoms. The SMILES string of the molecule is CC(=O)NC(Cc1cn(C)nc1C(C)(C)C)C(=O)O. The van der Waals surface area contributed by atoms with E-state index in [9.17, 15) is 9.59 Å². The Kier molecular flexibility index (Phi) is 4.34. The highest BCUT2D eigenvalue weighted by Crippen LogP contribution is 2.25. The van der Waals surface area contributed by atoms with Crippen LogP contribution in [-0.2, 0) is 28.5 Å². The van der Waals surface area contributed by atoms with E-state index in [4.69, 9.17) is 5.11 Å². The minimum atomic E-state index is -1.04. The number of carbonyl (C=O) groups excluding carboxylic acids is 1. The molecule has 19 heavy (non-hydrogen) atoms. The second kappa shape index (κ2) is 5.42.